The van der Waals surface area contributed by atoms with Crippen molar-refractivity contribution in [2.75, 3.05) is 13.2 Å². The monoisotopic (exact) mass is 202 g/mol. The smallest absolute Gasteiger partial charge is 0.234 e. The molecule has 0 bridgehead atoms. The number of rotatable bonds is 7. The van der Waals surface area contributed by atoms with Crippen LogP contribution in [0.1, 0.15) is 33.6 Å². The third-order valence-electron chi connectivity index (χ3n) is 2.19. The first-order valence-electron chi connectivity index (χ1n) is 5.23. The number of amides is 1. The van der Waals surface area contributed by atoms with E-state index in [1.165, 1.54) is 0 Å². The summed E-state index contributed by atoms with van der Waals surface area (Å²) in [7, 11) is 0. The Hall–Kier alpha value is -0.610. The second-order valence-corrected chi connectivity index (χ2v) is 3.67. The Labute approximate surface area is 86.1 Å². The van der Waals surface area contributed by atoms with Crippen molar-refractivity contribution in [1.82, 2.24) is 10.6 Å². The van der Waals surface area contributed by atoms with Gasteiger partial charge >= 0.3 is 0 Å². The fourth-order valence-electron chi connectivity index (χ4n) is 0.991. The van der Waals surface area contributed by atoms with E-state index >= 15 is 0 Å². The number of hydrogen-bond acceptors (Lipinski definition) is 3. The van der Waals surface area contributed by atoms with E-state index in [2.05, 4.69) is 10.6 Å². The lowest BCUT2D eigenvalue weighted by Crippen LogP contribution is -2.41. The summed E-state index contributed by atoms with van der Waals surface area (Å²) in [6.07, 6.45) is 1.62. The van der Waals surface area contributed by atoms with Gasteiger partial charge in [0.05, 0.1) is 6.54 Å². The molecule has 0 rings (SSSR count). The van der Waals surface area contributed by atoms with Crippen molar-refractivity contribution < 1.29 is 9.90 Å². The maximum absolute atomic E-state index is 11.3. The number of carbonyl (C=O) groups is 1. The van der Waals surface area contributed by atoms with E-state index in [1.807, 2.05) is 20.8 Å². The second-order valence-electron chi connectivity index (χ2n) is 3.67. The maximum atomic E-state index is 11.3. The van der Waals surface area contributed by atoms with Crippen LogP contribution < -0.4 is 10.6 Å². The van der Waals surface area contributed by atoms with Gasteiger partial charge in [0, 0.05) is 18.7 Å². The predicted octanol–water partition coefficient (Wildman–Crippen LogP) is 0.262. The summed E-state index contributed by atoms with van der Waals surface area (Å²) in [4.78, 5) is 11.3. The number of aliphatic hydroxyl groups is 1. The molecule has 2 atom stereocenters. The standard InChI is InChI=1S/C10H22N2O2/c1-4-8(2)12-10(14)7-11-9(3)5-6-13/h8-9,11,13H,4-7H2,1-3H3,(H,12,14). The molecular weight excluding hydrogens is 180 g/mol. The second kappa shape index (κ2) is 7.76. The van der Waals surface area contributed by atoms with E-state index in [-0.39, 0.29) is 24.6 Å². The Morgan fingerprint density at radius 2 is 2.00 bits per heavy atom. The van der Waals surface area contributed by atoms with Crippen LogP contribution in [0.4, 0.5) is 0 Å². The molecule has 0 radical (unpaired) electrons. The largest absolute Gasteiger partial charge is 0.396 e. The summed E-state index contributed by atoms with van der Waals surface area (Å²) in [5, 5.41) is 14.5. The van der Waals surface area contributed by atoms with Crippen molar-refractivity contribution in [3.63, 3.8) is 0 Å². The zero-order valence-electron chi connectivity index (χ0n) is 9.34. The first-order valence-corrected chi connectivity index (χ1v) is 5.23. The highest BCUT2D eigenvalue weighted by Gasteiger charge is 2.06. The minimum absolute atomic E-state index is 0.0177. The van der Waals surface area contributed by atoms with Gasteiger partial charge in [-0.05, 0) is 26.7 Å². The molecule has 0 saturated carbocycles. The first-order chi connectivity index (χ1) is 6.60. The van der Waals surface area contributed by atoms with Crippen LogP contribution in [-0.4, -0.2) is 36.2 Å². The molecule has 3 N–H and O–H groups in total. The van der Waals surface area contributed by atoms with Crippen molar-refractivity contribution in [3.8, 4) is 0 Å². The minimum atomic E-state index is 0.0177. The third kappa shape index (κ3) is 6.86. The molecule has 0 spiro atoms. The van der Waals surface area contributed by atoms with Crippen LogP contribution in [0.3, 0.4) is 0 Å². The summed E-state index contributed by atoms with van der Waals surface area (Å²) in [5.74, 6) is 0.0177. The lowest BCUT2D eigenvalue weighted by Gasteiger charge is -2.14. The predicted molar refractivity (Wildman–Crippen MR) is 57.1 cm³/mol. The maximum Gasteiger partial charge on any atom is 0.234 e. The molecule has 0 saturated heterocycles. The van der Waals surface area contributed by atoms with Gasteiger partial charge in [0.2, 0.25) is 5.91 Å². The molecule has 0 fully saturated rings. The van der Waals surface area contributed by atoms with E-state index in [0.29, 0.717) is 13.0 Å². The Kier molecular flexibility index (Phi) is 7.42. The van der Waals surface area contributed by atoms with Crippen LogP contribution in [-0.2, 0) is 4.79 Å². The molecule has 4 nitrogen and oxygen atoms in total. The van der Waals surface area contributed by atoms with E-state index in [4.69, 9.17) is 5.11 Å². The van der Waals surface area contributed by atoms with Gasteiger partial charge in [-0.1, -0.05) is 6.92 Å². The summed E-state index contributed by atoms with van der Waals surface area (Å²) < 4.78 is 0. The molecule has 0 aromatic heterocycles. The van der Waals surface area contributed by atoms with Gasteiger partial charge in [-0.25, -0.2) is 0 Å². The Morgan fingerprint density at radius 1 is 1.36 bits per heavy atom. The fourth-order valence-corrected chi connectivity index (χ4v) is 0.991. The molecule has 4 heteroatoms. The Bertz CT molecular complexity index is 162. The zero-order chi connectivity index (χ0) is 11.0. The summed E-state index contributed by atoms with van der Waals surface area (Å²) >= 11 is 0. The molecule has 0 heterocycles. The molecule has 0 aromatic carbocycles. The number of nitrogens with one attached hydrogen (secondary N) is 2. The summed E-state index contributed by atoms with van der Waals surface area (Å²) in [6, 6.07) is 0.417. The van der Waals surface area contributed by atoms with Crippen LogP contribution in [0.25, 0.3) is 0 Å². The lowest BCUT2D eigenvalue weighted by atomic mass is 10.2. The van der Waals surface area contributed by atoms with Gasteiger partial charge in [0.15, 0.2) is 0 Å². The minimum Gasteiger partial charge on any atom is -0.396 e. The molecule has 14 heavy (non-hydrogen) atoms. The Balaban J connectivity index is 3.53. The van der Waals surface area contributed by atoms with Crippen molar-refractivity contribution in [3.05, 3.63) is 0 Å². The van der Waals surface area contributed by atoms with Gasteiger partial charge in [0.25, 0.3) is 0 Å². The topological polar surface area (TPSA) is 61.4 Å². The highest BCUT2D eigenvalue weighted by Crippen LogP contribution is 1.89. The van der Waals surface area contributed by atoms with E-state index in [9.17, 15) is 4.79 Å². The van der Waals surface area contributed by atoms with Gasteiger partial charge < -0.3 is 15.7 Å². The van der Waals surface area contributed by atoms with Crippen LogP contribution in [0.2, 0.25) is 0 Å². The third-order valence-corrected chi connectivity index (χ3v) is 2.19. The van der Waals surface area contributed by atoms with Crippen molar-refractivity contribution in [1.29, 1.82) is 0 Å². The zero-order valence-corrected chi connectivity index (χ0v) is 9.34. The molecule has 2 unspecified atom stereocenters. The average molecular weight is 202 g/mol. The number of hydrogen-bond donors (Lipinski definition) is 3. The van der Waals surface area contributed by atoms with Gasteiger partial charge in [-0.15, -0.1) is 0 Å². The molecule has 0 aliphatic rings. The normalized spacial score (nSPS) is 14.9. The first kappa shape index (κ1) is 13.4. The quantitative estimate of drug-likeness (QED) is 0.555. The van der Waals surface area contributed by atoms with E-state index in [1.54, 1.807) is 0 Å². The van der Waals surface area contributed by atoms with Crippen molar-refractivity contribution >= 4 is 5.91 Å². The van der Waals surface area contributed by atoms with Crippen LogP contribution in [0, 0.1) is 0 Å². The molecule has 1 amide bonds. The molecule has 0 aromatic rings. The van der Waals surface area contributed by atoms with Crippen molar-refractivity contribution in [2.24, 2.45) is 0 Å². The number of aliphatic hydroxyl groups excluding tert-OH is 1. The number of carbonyl (C=O) groups excluding carboxylic acids is 1. The SMILES string of the molecule is CCC(C)NC(=O)CNC(C)CCO. The average Bonchev–Trinajstić information content (AvgIpc) is 2.15. The van der Waals surface area contributed by atoms with Crippen LogP contribution in [0.15, 0.2) is 0 Å². The lowest BCUT2D eigenvalue weighted by molar-refractivity contribution is -0.121. The van der Waals surface area contributed by atoms with Gasteiger partial charge in [-0.2, -0.15) is 0 Å². The highest BCUT2D eigenvalue weighted by molar-refractivity contribution is 5.78. The van der Waals surface area contributed by atoms with E-state index < -0.39 is 0 Å². The van der Waals surface area contributed by atoms with Crippen LogP contribution in [0.5, 0.6) is 0 Å². The summed E-state index contributed by atoms with van der Waals surface area (Å²) in [5.41, 5.74) is 0. The molecule has 0 aliphatic carbocycles. The molecule has 0 aliphatic heterocycles. The van der Waals surface area contributed by atoms with Crippen LogP contribution >= 0.6 is 0 Å². The van der Waals surface area contributed by atoms with Gasteiger partial charge in [0.1, 0.15) is 0 Å². The highest BCUT2D eigenvalue weighted by atomic mass is 16.3. The fraction of sp³-hybridized carbons (Fsp3) is 0.900. The van der Waals surface area contributed by atoms with Crippen molar-refractivity contribution in [2.45, 2.75) is 45.7 Å². The molecule has 84 valence electrons. The summed E-state index contributed by atoms with van der Waals surface area (Å²) in [6.45, 7) is 6.45. The molecular formula is C10H22N2O2. The van der Waals surface area contributed by atoms with E-state index in [0.717, 1.165) is 6.42 Å². The Morgan fingerprint density at radius 3 is 2.50 bits per heavy atom. The van der Waals surface area contributed by atoms with Gasteiger partial charge in [-0.3, -0.25) is 4.79 Å².